The van der Waals surface area contributed by atoms with Crippen molar-refractivity contribution >= 4 is 33.9 Å². The molecule has 7 nitrogen and oxygen atoms in total. The van der Waals surface area contributed by atoms with Crippen LogP contribution < -0.4 is 10.6 Å². The van der Waals surface area contributed by atoms with E-state index in [4.69, 9.17) is 4.74 Å². The van der Waals surface area contributed by atoms with Crippen molar-refractivity contribution in [2.45, 2.75) is 12.8 Å². The van der Waals surface area contributed by atoms with Crippen molar-refractivity contribution in [1.29, 1.82) is 0 Å². The van der Waals surface area contributed by atoms with Crippen LogP contribution in [0, 0.1) is 5.92 Å². The molecule has 0 bridgehead atoms. The van der Waals surface area contributed by atoms with Crippen LogP contribution in [0.2, 0.25) is 0 Å². The number of rotatable bonds is 8. The molecule has 8 heteroatoms. The summed E-state index contributed by atoms with van der Waals surface area (Å²) in [5, 5.41) is 6.12. The van der Waals surface area contributed by atoms with Crippen molar-refractivity contribution < 1.29 is 14.3 Å². The third-order valence-electron chi connectivity index (χ3n) is 4.79. The molecule has 1 aromatic carbocycles. The number of likely N-dealkylation sites (N-methyl/N-ethyl adjacent to an activating group) is 1. The summed E-state index contributed by atoms with van der Waals surface area (Å²) in [6.45, 7) is 2.73. The molecule has 160 valence electrons. The molecule has 0 spiro atoms. The van der Waals surface area contributed by atoms with Gasteiger partial charge in [-0.1, -0.05) is 47.7 Å². The van der Waals surface area contributed by atoms with Crippen LogP contribution in [0.5, 0.6) is 0 Å². The fourth-order valence-electron chi connectivity index (χ4n) is 3.12. The minimum absolute atomic E-state index is 0.184. The minimum Gasteiger partial charge on any atom is -0.381 e. The lowest BCUT2D eigenvalue weighted by molar-refractivity contribution is -0.111. The first-order chi connectivity index (χ1) is 14.5. The summed E-state index contributed by atoms with van der Waals surface area (Å²) in [5.41, 5.74) is 1.48. The molecule has 0 aliphatic carbocycles. The average Bonchev–Trinajstić information content (AvgIpc) is 3.21. The summed E-state index contributed by atoms with van der Waals surface area (Å²) in [4.78, 5) is 32.0. The topological polar surface area (TPSA) is 83.6 Å². The first kappa shape index (κ1) is 22.1. The molecule has 3 rings (SSSR count). The number of anilines is 1. The van der Waals surface area contributed by atoms with Gasteiger partial charge in [-0.05, 0) is 38.4 Å². The lowest BCUT2D eigenvalue weighted by atomic mass is 9.94. The Morgan fingerprint density at radius 2 is 1.97 bits per heavy atom. The van der Waals surface area contributed by atoms with Gasteiger partial charge in [-0.25, -0.2) is 4.98 Å². The van der Waals surface area contributed by atoms with E-state index >= 15 is 0 Å². The van der Waals surface area contributed by atoms with Gasteiger partial charge >= 0.3 is 0 Å². The lowest BCUT2D eigenvalue weighted by Crippen LogP contribution is -2.30. The van der Waals surface area contributed by atoms with Gasteiger partial charge in [-0.15, -0.1) is 0 Å². The SMILES string of the molecule is CN(C)CCNC(=O)c1cnc(NC(=O)C(=CC2CCOCC2)c2ccccc2)s1. The van der Waals surface area contributed by atoms with E-state index < -0.39 is 0 Å². The number of nitrogens with one attached hydrogen (secondary N) is 2. The summed E-state index contributed by atoms with van der Waals surface area (Å²) in [6, 6.07) is 9.61. The molecule has 1 aliphatic rings. The van der Waals surface area contributed by atoms with E-state index in [-0.39, 0.29) is 11.8 Å². The second-order valence-electron chi connectivity index (χ2n) is 7.44. The Morgan fingerprint density at radius 1 is 1.23 bits per heavy atom. The molecule has 2 aromatic rings. The molecule has 0 saturated carbocycles. The van der Waals surface area contributed by atoms with Crippen LogP contribution in [-0.4, -0.2) is 62.1 Å². The van der Waals surface area contributed by atoms with Gasteiger partial charge < -0.3 is 15.0 Å². The third-order valence-corrected chi connectivity index (χ3v) is 5.70. The predicted octanol–water partition coefficient (Wildman–Crippen LogP) is 2.88. The highest BCUT2D eigenvalue weighted by Gasteiger charge is 2.19. The molecule has 2 amide bonds. The highest BCUT2D eigenvalue weighted by Crippen LogP contribution is 2.25. The van der Waals surface area contributed by atoms with Crippen LogP contribution in [0.4, 0.5) is 5.13 Å². The standard InChI is InChI=1S/C22H28N4O3S/c1-26(2)11-10-23-21(28)19-15-24-22(30-19)25-20(27)18(17-6-4-3-5-7-17)14-16-8-12-29-13-9-16/h3-7,14-16H,8-13H2,1-2H3,(H,23,28)(H,24,25,27). The van der Waals surface area contributed by atoms with Gasteiger partial charge in [0.1, 0.15) is 4.88 Å². The molecule has 1 fully saturated rings. The summed E-state index contributed by atoms with van der Waals surface area (Å²) in [6.07, 6.45) is 5.33. The minimum atomic E-state index is -0.221. The lowest BCUT2D eigenvalue weighted by Gasteiger charge is -2.20. The number of nitrogens with zero attached hydrogens (tertiary/aromatic N) is 2. The zero-order valence-electron chi connectivity index (χ0n) is 17.4. The number of carbonyl (C=O) groups excluding carboxylic acids is 2. The Labute approximate surface area is 181 Å². The average molecular weight is 429 g/mol. The number of benzene rings is 1. The molecule has 2 N–H and O–H groups in total. The molecular formula is C22H28N4O3S. The van der Waals surface area contributed by atoms with Gasteiger partial charge in [0.25, 0.3) is 11.8 Å². The fourth-order valence-corrected chi connectivity index (χ4v) is 3.85. The highest BCUT2D eigenvalue weighted by molar-refractivity contribution is 7.17. The van der Waals surface area contributed by atoms with E-state index in [2.05, 4.69) is 15.6 Å². The number of thiazole rings is 1. The quantitative estimate of drug-likeness (QED) is 0.632. The molecule has 0 radical (unpaired) electrons. The van der Waals surface area contributed by atoms with E-state index in [9.17, 15) is 9.59 Å². The largest absolute Gasteiger partial charge is 0.381 e. The number of aromatic nitrogens is 1. The normalized spacial score (nSPS) is 15.2. The van der Waals surface area contributed by atoms with Gasteiger partial charge in [-0.2, -0.15) is 0 Å². The van der Waals surface area contributed by atoms with Gasteiger partial charge in [0, 0.05) is 31.9 Å². The molecular weight excluding hydrogens is 400 g/mol. The van der Waals surface area contributed by atoms with Crippen LogP contribution >= 0.6 is 11.3 Å². The number of hydrogen-bond donors (Lipinski definition) is 2. The fraction of sp³-hybridized carbons (Fsp3) is 0.409. The zero-order chi connectivity index (χ0) is 21.3. The first-order valence-electron chi connectivity index (χ1n) is 10.1. The second-order valence-corrected chi connectivity index (χ2v) is 8.47. The van der Waals surface area contributed by atoms with Crippen LogP contribution in [0.1, 0.15) is 28.1 Å². The maximum absolute atomic E-state index is 13.1. The monoisotopic (exact) mass is 428 g/mol. The number of carbonyl (C=O) groups is 2. The molecule has 1 aliphatic heterocycles. The van der Waals surface area contributed by atoms with Gasteiger partial charge in [0.15, 0.2) is 5.13 Å². The molecule has 0 atom stereocenters. The van der Waals surface area contributed by atoms with Crippen LogP contribution in [0.15, 0.2) is 42.6 Å². The maximum Gasteiger partial charge on any atom is 0.263 e. The summed E-state index contributed by atoms with van der Waals surface area (Å²) in [7, 11) is 3.90. The molecule has 30 heavy (non-hydrogen) atoms. The van der Waals surface area contributed by atoms with Crippen molar-refractivity contribution in [1.82, 2.24) is 15.2 Å². The molecule has 2 heterocycles. The number of amides is 2. The Morgan fingerprint density at radius 3 is 2.67 bits per heavy atom. The van der Waals surface area contributed by atoms with Gasteiger partial charge in [0.05, 0.1) is 6.20 Å². The number of hydrogen-bond acceptors (Lipinski definition) is 6. The Bertz CT molecular complexity index is 874. The Kier molecular flexibility index (Phi) is 8.12. The maximum atomic E-state index is 13.1. The van der Waals surface area contributed by atoms with Crippen LogP contribution in [0.25, 0.3) is 5.57 Å². The van der Waals surface area contributed by atoms with Gasteiger partial charge in [-0.3, -0.25) is 14.9 Å². The highest BCUT2D eigenvalue weighted by atomic mass is 32.1. The van der Waals surface area contributed by atoms with Crippen molar-refractivity contribution in [3.05, 3.63) is 53.0 Å². The smallest absolute Gasteiger partial charge is 0.263 e. The summed E-state index contributed by atoms with van der Waals surface area (Å²) < 4.78 is 5.43. The predicted molar refractivity (Wildman–Crippen MR) is 120 cm³/mol. The second kappa shape index (κ2) is 11.0. The van der Waals surface area contributed by atoms with Crippen LogP contribution in [-0.2, 0) is 9.53 Å². The molecule has 1 aromatic heterocycles. The van der Waals surface area contributed by atoms with Crippen LogP contribution in [0.3, 0.4) is 0 Å². The van der Waals surface area contributed by atoms with Crippen molar-refractivity contribution in [2.24, 2.45) is 5.92 Å². The first-order valence-corrected chi connectivity index (χ1v) is 10.9. The van der Waals surface area contributed by atoms with E-state index in [1.54, 1.807) is 0 Å². The van der Waals surface area contributed by atoms with E-state index in [0.29, 0.717) is 41.3 Å². The molecule has 1 saturated heterocycles. The van der Waals surface area contributed by atoms with E-state index in [0.717, 1.165) is 24.9 Å². The number of allylic oxidation sites excluding steroid dienone is 1. The van der Waals surface area contributed by atoms with E-state index in [1.807, 2.05) is 55.4 Å². The molecule has 0 unspecified atom stereocenters. The van der Waals surface area contributed by atoms with Crippen molar-refractivity contribution in [3.8, 4) is 0 Å². The third kappa shape index (κ3) is 6.48. The Balaban J connectivity index is 1.69. The number of ether oxygens (including phenoxy) is 1. The van der Waals surface area contributed by atoms with Crippen molar-refractivity contribution in [3.63, 3.8) is 0 Å². The summed E-state index contributed by atoms with van der Waals surface area (Å²) in [5.74, 6) is -0.105. The zero-order valence-corrected chi connectivity index (χ0v) is 18.2. The van der Waals surface area contributed by atoms with Crippen molar-refractivity contribution in [2.75, 3.05) is 45.7 Å². The Hall–Kier alpha value is -2.55. The van der Waals surface area contributed by atoms with Gasteiger partial charge in [0.2, 0.25) is 0 Å². The van der Waals surface area contributed by atoms with E-state index in [1.165, 1.54) is 17.5 Å². The summed E-state index contributed by atoms with van der Waals surface area (Å²) >= 11 is 1.17.